The predicted octanol–water partition coefficient (Wildman–Crippen LogP) is 2.96. The Morgan fingerprint density at radius 3 is 2.36 bits per heavy atom. The highest BCUT2D eigenvalue weighted by molar-refractivity contribution is 5.76. The minimum atomic E-state index is -0.318. The van der Waals surface area contributed by atoms with Crippen molar-refractivity contribution in [3.8, 4) is 0 Å². The van der Waals surface area contributed by atoms with Crippen LogP contribution in [0.4, 0.5) is 10.1 Å². The van der Waals surface area contributed by atoms with Crippen molar-refractivity contribution in [2.75, 3.05) is 31.1 Å². The number of rotatable bonds is 4. The van der Waals surface area contributed by atoms with E-state index in [4.69, 9.17) is 0 Å². The third kappa shape index (κ3) is 3.34. The van der Waals surface area contributed by atoms with Gasteiger partial charge in [-0.1, -0.05) is 30.3 Å². The summed E-state index contributed by atoms with van der Waals surface area (Å²) in [4.78, 5) is 15.1. The van der Waals surface area contributed by atoms with Gasteiger partial charge in [0.15, 0.2) is 0 Å². The molecule has 3 nitrogen and oxygen atoms in total. The molecule has 0 bridgehead atoms. The number of hydrogen-bond acceptors (Lipinski definition) is 3. The van der Waals surface area contributed by atoms with Gasteiger partial charge in [0.2, 0.25) is 0 Å². The first-order valence-electron chi connectivity index (χ1n) is 7.52. The maximum atomic E-state index is 14.1. The Bertz CT molecular complexity index is 637. The van der Waals surface area contributed by atoms with Crippen LogP contribution in [0, 0.1) is 5.82 Å². The van der Waals surface area contributed by atoms with Crippen LogP contribution in [0.1, 0.15) is 15.9 Å². The van der Waals surface area contributed by atoms with Crippen molar-refractivity contribution in [3.05, 3.63) is 65.5 Å². The molecule has 1 fully saturated rings. The monoisotopic (exact) mass is 298 g/mol. The quantitative estimate of drug-likeness (QED) is 0.811. The van der Waals surface area contributed by atoms with Gasteiger partial charge in [-0.2, -0.15) is 0 Å². The number of benzene rings is 2. The third-order valence-corrected chi connectivity index (χ3v) is 4.07. The molecule has 2 aromatic rings. The van der Waals surface area contributed by atoms with Crippen molar-refractivity contribution in [1.82, 2.24) is 4.90 Å². The van der Waals surface area contributed by atoms with Crippen LogP contribution in [-0.2, 0) is 6.54 Å². The molecule has 0 aromatic heterocycles. The fourth-order valence-corrected chi connectivity index (χ4v) is 2.84. The highest BCUT2D eigenvalue weighted by Crippen LogP contribution is 2.22. The number of halogens is 1. The van der Waals surface area contributed by atoms with Gasteiger partial charge >= 0.3 is 0 Å². The average molecular weight is 298 g/mol. The number of carbonyl (C=O) groups excluding carboxylic acids is 1. The summed E-state index contributed by atoms with van der Waals surface area (Å²) in [5, 5.41) is 0. The summed E-state index contributed by atoms with van der Waals surface area (Å²) < 4.78 is 14.1. The van der Waals surface area contributed by atoms with Crippen LogP contribution in [-0.4, -0.2) is 37.4 Å². The Balaban J connectivity index is 1.61. The average Bonchev–Trinajstić information content (AvgIpc) is 2.56. The molecule has 1 saturated heterocycles. The van der Waals surface area contributed by atoms with Crippen LogP contribution in [0.15, 0.2) is 48.5 Å². The van der Waals surface area contributed by atoms with E-state index in [-0.39, 0.29) is 5.82 Å². The third-order valence-electron chi connectivity index (χ3n) is 4.07. The molecule has 0 amide bonds. The number of nitrogens with zero attached hydrogens (tertiary/aromatic N) is 2. The van der Waals surface area contributed by atoms with Gasteiger partial charge in [0.1, 0.15) is 12.1 Å². The molecule has 0 radical (unpaired) electrons. The second-order valence-corrected chi connectivity index (χ2v) is 5.58. The molecule has 0 spiro atoms. The number of aldehydes is 1. The van der Waals surface area contributed by atoms with E-state index in [2.05, 4.69) is 29.2 Å². The van der Waals surface area contributed by atoms with E-state index < -0.39 is 0 Å². The maximum absolute atomic E-state index is 14.1. The largest absolute Gasteiger partial charge is 0.367 e. The smallest absolute Gasteiger partial charge is 0.150 e. The summed E-state index contributed by atoms with van der Waals surface area (Å²) in [6.45, 7) is 4.34. The van der Waals surface area contributed by atoms with Gasteiger partial charge < -0.3 is 4.90 Å². The minimum Gasteiger partial charge on any atom is -0.367 e. The normalized spacial score (nSPS) is 15.8. The Labute approximate surface area is 130 Å². The molecule has 114 valence electrons. The molecule has 0 unspecified atom stereocenters. The zero-order chi connectivity index (χ0) is 15.4. The number of carbonyl (C=O) groups is 1. The lowest BCUT2D eigenvalue weighted by Crippen LogP contribution is -2.46. The van der Waals surface area contributed by atoms with Gasteiger partial charge in [-0.15, -0.1) is 0 Å². The van der Waals surface area contributed by atoms with Crippen LogP contribution in [0.2, 0.25) is 0 Å². The molecule has 0 saturated carbocycles. The molecule has 0 N–H and O–H groups in total. The standard InChI is InChI=1S/C18H19FN2O/c19-17-12-16(14-22)6-7-18(17)21-10-8-20(9-11-21)13-15-4-2-1-3-5-15/h1-7,12,14H,8-11,13H2. The van der Waals surface area contributed by atoms with Crippen LogP contribution >= 0.6 is 0 Å². The Kier molecular flexibility index (Phi) is 4.49. The summed E-state index contributed by atoms with van der Waals surface area (Å²) in [6, 6.07) is 15.1. The number of anilines is 1. The van der Waals surface area contributed by atoms with Crippen LogP contribution < -0.4 is 4.90 Å². The van der Waals surface area contributed by atoms with Gasteiger partial charge in [-0.05, 0) is 23.8 Å². The summed E-state index contributed by atoms with van der Waals surface area (Å²) in [6.07, 6.45) is 0.671. The first-order chi connectivity index (χ1) is 10.8. The van der Waals surface area contributed by atoms with E-state index in [1.165, 1.54) is 11.6 Å². The number of hydrogen-bond donors (Lipinski definition) is 0. The maximum Gasteiger partial charge on any atom is 0.150 e. The van der Waals surface area contributed by atoms with Crippen LogP contribution in [0.5, 0.6) is 0 Å². The fourth-order valence-electron chi connectivity index (χ4n) is 2.84. The van der Waals surface area contributed by atoms with E-state index >= 15 is 0 Å². The predicted molar refractivity (Wildman–Crippen MR) is 85.7 cm³/mol. The SMILES string of the molecule is O=Cc1ccc(N2CCN(Cc3ccccc3)CC2)c(F)c1. The van der Waals surface area contributed by atoms with Crippen molar-refractivity contribution in [2.45, 2.75) is 6.54 Å². The Hall–Kier alpha value is -2.20. The van der Waals surface area contributed by atoms with Gasteiger partial charge in [0, 0.05) is 38.3 Å². The zero-order valence-electron chi connectivity index (χ0n) is 12.4. The fraction of sp³-hybridized carbons (Fsp3) is 0.278. The second-order valence-electron chi connectivity index (χ2n) is 5.58. The number of piperazine rings is 1. The van der Waals surface area contributed by atoms with Crippen molar-refractivity contribution in [2.24, 2.45) is 0 Å². The van der Waals surface area contributed by atoms with Crippen molar-refractivity contribution < 1.29 is 9.18 Å². The molecule has 2 aromatic carbocycles. The van der Waals surface area contributed by atoms with E-state index in [0.29, 0.717) is 17.5 Å². The lowest BCUT2D eigenvalue weighted by Gasteiger charge is -2.36. The lowest BCUT2D eigenvalue weighted by molar-refractivity contribution is 0.112. The van der Waals surface area contributed by atoms with Gasteiger partial charge in [-0.3, -0.25) is 9.69 Å². The molecule has 1 heterocycles. The van der Waals surface area contributed by atoms with Crippen LogP contribution in [0.25, 0.3) is 0 Å². The van der Waals surface area contributed by atoms with Crippen molar-refractivity contribution >= 4 is 12.0 Å². The molecule has 0 aliphatic carbocycles. The van der Waals surface area contributed by atoms with Crippen molar-refractivity contribution in [3.63, 3.8) is 0 Å². The molecule has 0 atom stereocenters. The second kappa shape index (κ2) is 6.71. The molecule has 3 rings (SSSR count). The first kappa shape index (κ1) is 14.7. The summed E-state index contributed by atoms with van der Waals surface area (Å²) in [5.74, 6) is -0.318. The first-order valence-corrected chi connectivity index (χ1v) is 7.52. The van der Waals surface area contributed by atoms with Crippen LogP contribution in [0.3, 0.4) is 0 Å². The molecule has 4 heteroatoms. The lowest BCUT2D eigenvalue weighted by atomic mass is 10.1. The molecule has 1 aliphatic heterocycles. The van der Waals surface area contributed by atoms with Gasteiger partial charge in [-0.25, -0.2) is 4.39 Å². The summed E-state index contributed by atoms with van der Waals surface area (Å²) in [5.41, 5.74) is 2.27. The van der Waals surface area contributed by atoms with Gasteiger partial charge in [0.25, 0.3) is 0 Å². The highest BCUT2D eigenvalue weighted by Gasteiger charge is 2.19. The van der Waals surface area contributed by atoms with E-state index in [9.17, 15) is 9.18 Å². The Morgan fingerprint density at radius 1 is 1.00 bits per heavy atom. The zero-order valence-corrected chi connectivity index (χ0v) is 12.4. The molecule has 1 aliphatic rings. The Morgan fingerprint density at radius 2 is 1.73 bits per heavy atom. The summed E-state index contributed by atoms with van der Waals surface area (Å²) >= 11 is 0. The molecular formula is C18H19FN2O. The highest BCUT2D eigenvalue weighted by atomic mass is 19.1. The van der Waals surface area contributed by atoms with E-state index in [1.54, 1.807) is 12.1 Å². The van der Waals surface area contributed by atoms with E-state index in [1.807, 2.05) is 11.0 Å². The molecule has 22 heavy (non-hydrogen) atoms. The van der Waals surface area contributed by atoms with Crippen molar-refractivity contribution in [1.29, 1.82) is 0 Å². The summed E-state index contributed by atoms with van der Waals surface area (Å²) in [7, 11) is 0. The molecular weight excluding hydrogens is 279 g/mol. The minimum absolute atomic E-state index is 0.318. The van der Waals surface area contributed by atoms with E-state index in [0.717, 1.165) is 32.7 Å². The topological polar surface area (TPSA) is 23.6 Å². The van der Waals surface area contributed by atoms with Gasteiger partial charge in [0.05, 0.1) is 5.69 Å².